The summed E-state index contributed by atoms with van der Waals surface area (Å²) in [5.74, 6) is 0.817. The van der Waals surface area contributed by atoms with E-state index in [-0.39, 0.29) is 12.0 Å². The summed E-state index contributed by atoms with van der Waals surface area (Å²) in [6.07, 6.45) is 2.55. The summed E-state index contributed by atoms with van der Waals surface area (Å²) in [7, 11) is 0. The number of amides is 1. The van der Waals surface area contributed by atoms with E-state index in [2.05, 4.69) is 11.8 Å². The third-order valence-electron chi connectivity index (χ3n) is 4.40. The average molecular weight is 269 g/mol. The minimum Gasteiger partial charge on any atom is -0.375 e. The van der Waals surface area contributed by atoms with Crippen LogP contribution in [0.3, 0.4) is 0 Å². The fourth-order valence-corrected chi connectivity index (χ4v) is 3.23. The van der Waals surface area contributed by atoms with Crippen molar-refractivity contribution < 1.29 is 9.53 Å². The Morgan fingerprint density at radius 1 is 1.37 bits per heavy atom. The SMILES string of the molecule is CC1CN(C(=O)CN2CCCC(C)C2CN)CCO1. The number of hydrogen-bond acceptors (Lipinski definition) is 4. The zero-order valence-corrected chi connectivity index (χ0v) is 12.2. The van der Waals surface area contributed by atoms with Gasteiger partial charge in [-0.15, -0.1) is 0 Å². The summed E-state index contributed by atoms with van der Waals surface area (Å²) < 4.78 is 5.48. The largest absolute Gasteiger partial charge is 0.375 e. The first-order chi connectivity index (χ1) is 9.11. The summed E-state index contributed by atoms with van der Waals surface area (Å²) >= 11 is 0. The number of morpholine rings is 1. The van der Waals surface area contributed by atoms with Crippen molar-refractivity contribution in [1.29, 1.82) is 0 Å². The fourth-order valence-electron chi connectivity index (χ4n) is 3.23. The minimum atomic E-state index is 0.156. The second-order valence-electron chi connectivity index (χ2n) is 5.91. The Labute approximate surface area is 116 Å². The molecule has 0 aromatic rings. The quantitative estimate of drug-likeness (QED) is 0.800. The summed E-state index contributed by atoms with van der Waals surface area (Å²) in [6, 6.07) is 0.358. The molecule has 2 fully saturated rings. The maximum Gasteiger partial charge on any atom is 0.236 e. The van der Waals surface area contributed by atoms with Crippen LogP contribution in [0, 0.1) is 5.92 Å². The summed E-state index contributed by atoms with van der Waals surface area (Å²) in [5, 5.41) is 0. The van der Waals surface area contributed by atoms with Gasteiger partial charge in [0.15, 0.2) is 0 Å². The number of likely N-dealkylation sites (tertiary alicyclic amines) is 1. The predicted molar refractivity (Wildman–Crippen MR) is 74.8 cm³/mol. The third-order valence-corrected chi connectivity index (χ3v) is 4.40. The Morgan fingerprint density at radius 2 is 2.16 bits per heavy atom. The first kappa shape index (κ1) is 14.8. The molecule has 0 aromatic heterocycles. The zero-order chi connectivity index (χ0) is 13.8. The maximum atomic E-state index is 12.4. The Balaban J connectivity index is 1.89. The van der Waals surface area contributed by atoms with E-state index in [9.17, 15) is 4.79 Å². The smallest absolute Gasteiger partial charge is 0.236 e. The van der Waals surface area contributed by atoms with Crippen LogP contribution >= 0.6 is 0 Å². The second-order valence-corrected chi connectivity index (χ2v) is 5.91. The Hall–Kier alpha value is -0.650. The molecule has 2 heterocycles. The second kappa shape index (κ2) is 6.68. The first-order valence-corrected chi connectivity index (χ1v) is 7.45. The molecule has 0 spiro atoms. The van der Waals surface area contributed by atoms with Crippen LogP contribution in [0.15, 0.2) is 0 Å². The van der Waals surface area contributed by atoms with Gasteiger partial charge in [0, 0.05) is 25.7 Å². The number of carbonyl (C=O) groups is 1. The van der Waals surface area contributed by atoms with Crippen LogP contribution in [0.25, 0.3) is 0 Å². The van der Waals surface area contributed by atoms with E-state index in [0.717, 1.165) is 19.6 Å². The van der Waals surface area contributed by atoms with Gasteiger partial charge in [-0.3, -0.25) is 9.69 Å². The van der Waals surface area contributed by atoms with Crippen molar-refractivity contribution in [2.75, 3.05) is 39.3 Å². The number of nitrogens with zero attached hydrogens (tertiary/aromatic N) is 2. The molecule has 0 radical (unpaired) electrons. The molecule has 2 aliphatic rings. The van der Waals surface area contributed by atoms with Crippen molar-refractivity contribution in [2.45, 2.75) is 38.8 Å². The van der Waals surface area contributed by atoms with Crippen molar-refractivity contribution in [3.63, 3.8) is 0 Å². The number of piperidine rings is 1. The lowest BCUT2D eigenvalue weighted by atomic mass is 9.91. The van der Waals surface area contributed by atoms with E-state index >= 15 is 0 Å². The van der Waals surface area contributed by atoms with E-state index in [4.69, 9.17) is 10.5 Å². The van der Waals surface area contributed by atoms with E-state index in [0.29, 0.717) is 31.7 Å². The van der Waals surface area contributed by atoms with Crippen molar-refractivity contribution in [3.05, 3.63) is 0 Å². The van der Waals surface area contributed by atoms with Crippen molar-refractivity contribution >= 4 is 5.91 Å². The zero-order valence-electron chi connectivity index (χ0n) is 12.2. The standard InChI is InChI=1S/C14H27N3O2/c1-11-4-3-5-16(13(11)8-15)10-14(18)17-6-7-19-12(2)9-17/h11-13H,3-10,15H2,1-2H3. The lowest BCUT2D eigenvalue weighted by Gasteiger charge is -2.40. The van der Waals surface area contributed by atoms with E-state index in [1.165, 1.54) is 12.8 Å². The molecule has 3 atom stereocenters. The molecule has 0 aromatic carbocycles. The predicted octanol–water partition coefficient (Wildman–Crippen LogP) is 0.293. The lowest BCUT2D eigenvalue weighted by Crippen LogP contribution is -2.54. The van der Waals surface area contributed by atoms with Crippen molar-refractivity contribution in [2.24, 2.45) is 11.7 Å². The maximum absolute atomic E-state index is 12.4. The molecule has 0 bridgehead atoms. The average Bonchev–Trinajstić information content (AvgIpc) is 2.39. The normalized spacial score (nSPS) is 33.4. The van der Waals surface area contributed by atoms with Crippen molar-refractivity contribution in [3.8, 4) is 0 Å². The van der Waals surface area contributed by atoms with Crippen LogP contribution in [0.2, 0.25) is 0 Å². The van der Waals surface area contributed by atoms with Gasteiger partial charge in [-0.1, -0.05) is 6.92 Å². The van der Waals surface area contributed by atoms with Gasteiger partial charge in [-0.05, 0) is 32.2 Å². The van der Waals surface area contributed by atoms with Gasteiger partial charge in [-0.25, -0.2) is 0 Å². The van der Waals surface area contributed by atoms with Crippen LogP contribution < -0.4 is 5.73 Å². The monoisotopic (exact) mass is 269 g/mol. The Morgan fingerprint density at radius 3 is 2.84 bits per heavy atom. The summed E-state index contributed by atoms with van der Waals surface area (Å²) in [4.78, 5) is 16.6. The van der Waals surface area contributed by atoms with E-state index in [1.807, 2.05) is 11.8 Å². The molecular formula is C14H27N3O2. The molecule has 5 nitrogen and oxygen atoms in total. The van der Waals surface area contributed by atoms with Gasteiger partial charge in [0.25, 0.3) is 0 Å². The highest BCUT2D eigenvalue weighted by atomic mass is 16.5. The molecule has 1 amide bonds. The molecule has 2 saturated heterocycles. The Kier molecular flexibility index (Phi) is 5.19. The molecular weight excluding hydrogens is 242 g/mol. The van der Waals surface area contributed by atoms with Crippen LogP contribution in [0.5, 0.6) is 0 Å². The number of nitrogens with two attached hydrogens (primary N) is 1. The van der Waals surface area contributed by atoms with Gasteiger partial charge >= 0.3 is 0 Å². The third kappa shape index (κ3) is 3.68. The highest BCUT2D eigenvalue weighted by molar-refractivity contribution is 5.78. The molecule has 3 unspecified atom stereocenters. The highest BCUT2D eigenvalue weighted by Gasteiger charge is 2.30. The van der Waals surface area contributed by atoms with Gasteiger partial charge in [-0.2, -0.15) is 0 Å². The number of rotatable bonds is 3. The molecule has 0 saturated carbocycles. The van der Waals surface area contributed by atoms with Gasteiger partial charge in [0.05, 0.1) is 19.3 Å². The van der Waals surface area contributed by atoms with Crippen molar-refractivity contribution in [1.82, 2.24) is 9.80 Å². The molecule has 110 valence electrons. The van der Waals surface area contributed by atoms with Gasteiger partial charge in [0.2, 0.25) is 5.91 Å². The lowest BCUT2D eigenvalue weighted by molar-refractivity contribution is -0.140. The minimum absolute atomic E-state index is 0.156. The van der Waals surface area contributed by atoms with Gasteiger partial charge in [0.1, 0.15) is 0 Å². The van der Waals surface area contributed by atoms with E-state index < -0.39 is 0 Å². The highest BCUT2D eigenvalue weighted by Crippen LogP contribution is 2.22. The Bertz CT molecular complexity index is 311. The molecule has 2 rings (SSSR count). The van der Waals surface area contributed by atoms with Crippen LogP contribution in [-0.2, 0) is 9.53 Å². The first-order valence-electron chi connectivity index (χ1n) is 7.45. The number of ether oxygens (including phenoxy) is 1. The fraction of sp³-hybridized carbons (Fsp3) is 0.929. The number of hydrogen-bond donors (Lipinski definition) is 1. The molecule has 19 heavy (non-hydrogen) atoms. The molecule has 2 aliphatic heterocycles. The molecule has 5 heteroatoms. The molecule has 2 N–H and O–H groups in total. The van der Waals surface area contributed by atoms with Gasteiger partial charge < -0.3 is 15.4 Å². The van der Waals surface area contributed by atoms with Crippen LogP contribution in [0.4, 0.5) is 0 Å². The summed E-state index contributed by atoms with van der Waals surface area (Å²) in [6.45, 7) is 8.51. The van der Waals surface area contributed by atoms with Crippen LogP contribution in [-0.4, -0.2) is 67.2 Å². The van der Waals surface area contributed by atoms with Crippen LogP contribution in [0.1, 0.15) is 26.7 Å². The summed E-state index contributed by atoms with van der Waals surface area (Å²) in [5.41, 5.74) is 5.87. The number of carbonyl (C=O) groups excluding carboxylic acids is 1. The molecule has 0 aliphatic carbocycles. The topological polar surface area (TPSA) is 58.8 Å². The van der Waals surface area contributed by atoms with E-state index in [1.54, 1.807) is 0 Å².